The van der Waals surface area contributed by atoms with Crippen molar-refractivity contribution in [3.05, 3.63) is 12.2 Å². The van der Waals surface area contributed by atoms with Gasteiger partial charge in [-0.05, 0) is 6.92 Å². The van der Waals surface area contributed by atoms with Crippen LogP contribution in [0, 0.1) is 0 Å². The van der Waals surface area contributed by atoms with Gasteiger partial charge in [0.1, 0.15) is 18.3 Å². The van der Waals surface area contributed by atoms with E-state index < -0.39 is 23.9 Å². The second-order valence-corrected chi connectivity index (χ2v) is 3.08. The van der Waals surface area contributed by atoms with Crippen molar-refractivity contribution in [1.29, 1.82) is 0 Å². The molecule has 0 spiro atoms. The van der Waals surface area contributed by atoms with Crippen LogP contribution in [0.5, 0.6) is 0 Å². The molecule has 11 heavy (non-hydrogen) atoms. The van der Waals surface area contributed by atoms with E-state index in [-0.39, 0.29) is 0 Å². The number of hydrogen-bond donors (Lipinski definition) is 1. The highest BCUT2D eigenvalue weighted by Crippen LogP contribution is 2.36. The summed E-state index contributed by atoms with van der Waals surface area (Å²) in [5.74, 6) is 0. The van der Waals surface area contributed by atoms with E-state index in [1.807, 2.05) is 0 Å². The van der Waals surface area contributed by atoms with Crippen molar-refractivity contribution in [1.82, 2.24) is 0 Å². The number of aliphatic hydroxyl groups is 1. The summed E-state index contributed by atoms with van der Waals surface area (Å²) < 4.78 is 0. The Balaban J connectivity index is 2.36. The molecule has 1 aliphatic heterocycles. The van der Waals surface area contributed by atoms with Crippen LogP contribution in [0.1, 0.15) is 6.92 Å². The van der Waals surface area contributed by atoms with Crippen molar-refractivity contribution in [2.75, 3.05) is 0 Å². The van der Waals surface area contributed by atoms with E-state index in [0.29, 0.717) is 0 Å². The topological polar surface area (TPSA) is 58.6 Å². The van der Waals surface area contributed by atoms with Gasteiger partial charge >= 0.3 is 0 Å². The van der Waals surface area contributed by atoms with Gasteiger partial charge in [0, 0.05) is 0 Å². The fourth-order valence-electron chi connectivity index (χ4n) is 1.34. The Labute approximate surface area is 64.0 Å². The van der Waals surface area contributed by atoms with Crippen molar-refractivity contribution in [3.63, 3.8) is 0 Å². The molecule has 0 amide bonds. The lowest BCUT2D eigenvalue weighted by Gasteiger charge is -2.28. The van der Waals surface area contributed by atoms with E-state index in [9.17, 15) is 10.2 Å². The van der Waals surface area contributed by atoms with Crippen molar-refractivity contribution in [2.45, 2.75) is 30.8 Å². The van der Waals surface area contributed by atoms with Crippen molar-refractivity contribution < 1.29 is 20.0 Å². The molecule has 2 aliphatic rings. The fourth-order valence-corrected chi connectivity index (χ4v) is 1.34. The highest BCUT2D eigenvalue weighted by Gasteiger charge is 2.54. The second-order valence-electron chi connectivity index (χ2n) is 3.08. The molecule has 4 heteroatoms. The van der Waals surface area contributed by atoms with Gasteiger partial charge in [-0.15, -0.1) is 0 Å². The Morgan fingerprint density at radius 2 is 2.27 bits per heavy atom. The summed E-state index contributed by atoms with van der Waals surface area (Å²) >= 11 is 0. The monoisotopic (exact) mass is 157 g/mol. The molecule has 61 valence electrons. The van der Waals surface area contributed by atoms with Gasteiger partial charge in [-0.2, -0.15) is 0 Å². The van der Waals surface area contributed by atoms with Crippen molar-refractivity contribution in [2.24, 2.45) is 0 Å². The van der Waals surface area contributed by atoms with E-state index in [4.69, 9.17) is 9.78 Å². The predicted octanol–water partition coefficient (Wildman–Crippen LogP) is -0.195. The fraction of sp³-hybridized carbons (Fsp3) is 0.714. The molecule has 0 saturated carbocycles. The summed E-state index contributed by atoms with van der Waals surface area (Å²) in [6.45, 7) is 1.55. The molecule has 0 aromatic rings. The Kier molecular flexibility index (Phi) is 1.34. The maximum Gasteiger partial charge on any atom is 0.162 e. The van der Waals surface area contributed by atoms with Crippen LogP contribution in [0.15, 0.2) is 12.2 Å². The lowest BCUT2D eigenvalue weighted by Crippen LogP contribution is -2.50. The number of hydrogen-bond acceptors (Lipinski definition) is 3. The van der Waals surface area contributed by atoms with Crippen LogP contribution in [0.3, 0.4) is 0 Å². The van der Waals surface area contributed by atoms with Crippen LogP contribution in [-0.2, 0) is 14.9 Å². The standard InChI is InChI=1S/C7H9O4/c1-7-5(8)3-2-4(6(7)9)10-11-7/h2-6,9H,1H3/t4-,5?,6-,7+/m1/s1. The van der Waals surface area contributed by atoms with Gasteiger partial charge in [0.15, 0.2) is 5.60 Å². The minimum absolute atomic E-state index is 0.467. The normalized spacial score (nSPS) is 55.0. The van der Waals surface area contributed by atoms with Crippen LogP contribution in [0.25, 0.3) is 0 Å². The first kappa shape index (κ1) is 7.24. The largest absolute Gasteiger partial charge is 0.387 e. The van der Waals surface area contributed by atoms with E-state index in [0.717, 1.165) is 0 Å². The molecular weight excluding hydrogens is 148 g/mol. The van der Waals surface area contributed by atoms with Crippen LogP contribution in [0.2, 0.25) is 0 Å². The molecular formula is C7H9O4. The number of fused-ring (bicyclic) bond motifs is 2. The first-order valence-corrected chi connectivity index (χ1v) is 3.51. The summed E-state index contributed by atoms with van der Waals surface area (Å²) in [4.78, 5) is 9.49. The highest BCUT2D eigenvalue weighted by atomic mass is 17.2. The summed E-state index contributed by atoms with van der Waals surface area (Å²) in [7, 11) is 0. The van der Waals surface area contributed by atoms with Crippen LogP contribution < -0.4 is 0 Å². The van der Waals surface area contributed by atoms with Crippen LogP contribution >= 0.6 is 0 Å². The molecule has 1 heterocycles. The lowest BCUT2D eigenvalue weighted by molar-refractivity contribution is -0.329. The Morgan fingerprint density at radius 1 is 1.55 bits per heavy atom. The van der Waals surface area contributed by atoms with Crippen molar-refractivity contribution >= 4 is 0 Å². The summed E-state index contributed by atoms with van der Waals surface area (Å²) in [6, 6.07) is 0. The minimum atomic E-state index is -1.10. The third kappa shape index (κ3) is 0.779. The summed E-state index contributed by atoms with van der Waals surface area (Å²) in [5.41, 5.74) is -1.10. The smallest absolute Gasteiger partial charge is 0.162 e. The molecule has 1 unspecified atom stereocenters. The van der Waals surface area contributed by atoms with Crippen molar-refractivity contribution in [3.8, 4) is 0 Å². The SMILES string of the molecule is C[C@]12OO[C@H](C=CC1[O])[C@H]2O. The van der Waals surface area contributed by atoms with Gasteiger partial charge in [-0.1, -0.05) is 12.2 Å². The van der Waals surface area contributed by atoms with Gasteiger partial charge in [0.2, 0.25) is 0 Å². The third-order valence-corrected chi connectivity index (χ3v) is 2.28. The van der Waals surface area contributed by atoms with Gasteiger partial charge in [0.05, 0.1) is 0 Å². The average molecular weight is 157 g/mol. The first-order valence-electron chi connectivity index (χ1n) is 3.51. The average Bonchev–Trinajstić information content (AvgIpc) is 2.16. The van der Waals surface area contributed by atoms with Gasteiger partial charge in [0.25, 0.3) is 0 Å². The molecule has 0 aromatic carbocycles. The maximum atomic E-state index is 11.2. The summed E-state index contributed by atoms with van der Waals surface area (Å²) in [5, 5.41) is 20.7. The number of aliphatic hydroxyl groups excluding tert-OH is 1. The predicted molar refractivity (Wildman–Crippen MR) is 34.0 cm³/mol. The Hall–Kier alpha value is -0.420. The Morgan fingerprint density at radius 3 is 2.91 bits per heavy atom. The van der Waals surface area contributed by atoms with E-state index in [1.54, 1.807) is 6.92 Å². The molecule has 1 saturated heterocycles. The minimum Gasteiger partial charge on any atom is -0.387 e. The van der Waals surface area contributed by atoms with Gasteiger partial charge in [-0.25, -0.2) is 14.9 Å². The Bertz CT molecular complexity index is 203. The van der Waals surface area contributed by atoms with Crippen LogP contribution in [-0.4, -0.2) is 29.0 Å². The molecule has 1 radical (unpaired) electrons. The molecule has 4 atom stereocenters. The van der Waals surface area contributed by atoms with Gasteiger partial charge < -0.3 is 5.11 Å². The van der Waals surface area contributed by atoms with E-state index in [2.05, 4.69) is 0 Å². The molecule has 1 aliphatic carbocycles. The summed E-state index contributed by atoms with van der Waals surface area (Å²) in [6.07, 6.45) is 0.651. The molecule has 1 N–H and O–H groups in total. The second kappa shape index (κ2) is 2.04. The zero-order valence-corrected chi connectivity index (χ0v) is 6.06. The zero-order valence-electron chi connectivity index (χ0n) is 6.06. The van der Waals surface area contributed by atoms with Gasteiger partial charge in [-0.3, -0.25) is 0 Å². The molecule has 4 nitrogen and oxygen atoms in total. The van der Waals surface area contributed by atoms with E-state index >= 15 is 0 Å². The molecule has 0 aromatic heterocycles. The quantitative estimate of drug-likeness (QED) is 0.391. The third-order valence-electron chi connectivity index (χ3n) is 2.28. The number of rotatable bonds is 0. The highest BCUT2D eigenvalue weighted by molar-refractivity contribution is 5.16. The van der Waals surface area contributed by atoms with Crippen LogP contribution in [0.4, 0.5) is 0 Å². The molecule has 1 fully saturated rings. The maximum absolute atomic E-state index is 11.2. The molecule has 2 rings (SSSR count). The zero-order chi connectivity index (χ0) is 8.06. The first-order chi connectivity index (χ1) is 5.14. The van der Waals surface area contributed by atoms with E-state index in [1.165, 1.54) is 12.2 Å². The molecule has 2 bridgehead atoms. The lowest BCUT2D eigenvalue weighted by atomic mass is 9.85.